The van der Waals surface area contributed by atoms with Gasteiger partial charge in [0.1, 0.15) is 23.6 Å². The summed E-state index contributed by atoms with van der Waals surface area (Å²) in [5.74, 6) is -2.27. The van der Waals surface area contributed by atoms with E-state index in [1.165, 1.54) is 47.7 Å². The molecule has 2 aromatic carbocycles. The number of benzene rings is 2. The number of ether oxygens (including phenoxy) is 3. The number of halogens is 3. The van der Waals surface area contributed by atoms with E-state index in [1.54, 1.807) is 18.2 Å². The Morgan fingerprint density at radius 1 is 1.06 bits per heavy atom. The van der Waals surface area contributed by atoms with Crippen molar-refractivity contribution >= 4 is 29.5 Å². The number of alkyl carbamates (subject to hydrolysis) is 2. The molecule has 5 N–H and O–H groups in total. The van der Waals surface area contributed by atoms with Crippen molar-refractivity contribution in [2.24, 2.45) is 5.73 Å². The van der Waals surface area contributed by atoms with Crippen LogP contribution < -0.4 is 26.6 Å². The summed E-state index contributed by atoms with van der Waals surface area (Å²) >= 11 is 0. The lowest BCUT2D eigenvalue weighted by atomic mass is 10.00. The maximum atomic E-state index is 15.4. The number of hydrogen-bond acceptors (Lipinski definition) is 9. The van der Waals surface area contributed by atoms with E-state index >= 15 is 4.39 Å². The van der Waals surface area contributed by atoms with Crippen molar-refractivity contribution in [1.29, 1.82) is 0 Å². The number of nitrogens with zero attached hydrogens (tertiary/aromatic N) is 2. The Balaban J connectivity index is 1.22. The van der Waals surface area contributed by atoms with Crippen LogP contribution >= 0.6 is 0 Å². The van der Waals surface area contributed by atoms with Gasteiger partial charge in [-0.05, 0) is 60.7 Å². The molecule has 0 bridgehead atoms. The zero-order valence-electron chi connectivity index (χ0n) is 25.8. The molecule has 0 radical (unpaired) electrons. The Morgan fingerprint density at radius 2 is 1.85 bits per heavy atom. The van der Waals surface area contributed by atoms with E-state index in [2.05, 4.69) is 20.9 Å². The van der Waals surface area contributed by atoms with Crippen LogP contribution in [0.1, 0.15) is 23.1 Å². The van der Waals surface area contributed by atoms with Crippen molar-refractivity contribution in [3.05, 3.63) is 101 Å². The number of morpholine rings is 1. The molecule has 2 aliphatic rings. The number of carbonyl (C=O) groups is 3. The summed E-state index contributed by atoms with van der Waals surface area (Å²) in [6.45, 7) is 0.613. The minimum atomic E-state index is -0.707. The quantitative estimate of drug-likeness (QED) is 0.213. The number of pyridine rings is 1. The van der Waals surface area contributed by atoms with Gasteiger partial charge in [0.25, 0.3) is 0 Å². The third kappa shape index (κ3) is 9.08. The zero-order chi connectivity index (χ0) is 34.0. The lowest BCUT2D eigenvalue weighted by Crippen LogP contribution is -2.45. The first kappa shape index (κ1) is 34.3. The molecule has 3 atom stereocenters. The third-order valence-corrected chi connectivity index (χ3v) is 7.79. The second-order valence-electron chi connectivity index (χ2n) is 11.2. The van der Waals surface area contributed by atoms with E-state index < -0.39 is 48.2 Å². The van der Waals surface area contributed by atoms with Gasteiger partial charge in [-0.3, -0.25) is 14.7 Å². The molecule has 3 heterocycles. The Hall–Kier alpha value is -4.99. The van der Waals surface area contributed by atoms with Crippen molar-refractivity contribution in [3.8, 4) is 0 Å². The van der Waals surface area contributed by atoms with Gasteiger partial charge in [-0.25, -0.2) is 22.8 Å². The number of anilines is 2. The van der Waals surface area contributed by atoms with Gasteiger partial charge < -0.3 is 35.9 Å². The predicted molar refractivity (Wildman–Crippen MR) is 168 cm³/mol. The summed E-state index contributed by atoms with van der Waals surface area (Å²) in [7, 11) is 0. The molecule has 3 unspecified atom stereocenters. The minimum Gasteiger partial charge on any atom is -0.442 e. The van der Waals surface area contributed by atoms with Crippen LogP contribution in [0.2, 0.25) is 0 Å². The summed E-state index contributed by atoms with van der Waals surface area (Å²) in [5, 5.41) is 8.25. The second kappa shape index (κ2) is 16.2. The Labute approximate surface area is 274 Å². The molecule has 3 aromatic rings. The van der Waals surface area contributed by atoms with Crippen molar-refractivity contribution in [1.82, 2.24) is 20.9 Å². The van der Waals surface area contributed by atoms with Crippen LogP contribution in [0.3, 0.4) is 0 Å². The normalized spacial score (nSPS) is 19.1. The number of carbonyl (C=O) groups excluding carboxylic acids is 3. The van der Waals surface area contributed by atoms with Crippen LogP contribution in [0.5, 0.6) is 0 Å². The van der Waals surface area contributed by atoms with Crippen LogP contribution in [-0.4, -0.2) is 74.1 Å². The SMILES string of the molecule is NCC(=O)N(c1cc(F)ccc1Cc1ccc(F)cc1)c1cncc(F)c1CCC1CNC(C=COC(=O)NCC2CNC(=O)O2)CO1. The summed E-state index contributed by atoms with van der Waals surface area (Å²) in [5.41, 5.74) is 7.50. The van der Waals surface area contributed by atoms with Gasteiger partial charge in [-0.2, -0.15) is 0 Å². The zero-order valence-corrected chi connectivity index (χ0v) is 25.8. The lowest BCUT2D eigenvalue weighted by Gasteiger charge is -2.30. The average molecular weight is 669 g/mol. The molecule has 2 saturated heterocycles. The smallest absolute Gasteiger partial charge is 0.412 e. The highest BCUT2D eigenvalue weighted by Crippen LogP contribution is 2.35. The molecule has 0 aliphatic carbocycles. The van der Waals surface area contributed by atoms with Gasteiger partial charge in [0.15, 0.2) is 0 Å². The maximum absolute atomic E-state index is 15.4. The van der Waals surface area contributed by atoms with E-state index in [9.17, 15) is 23.2 Å². The highest BCUT2D eigenvalue weighted by atomic mass is 19.1. The maximum Gasteiger partial charge on any atom is 0.412 e. The number of hydrogen-bond donors (Lipinski definition) is 4. The Morgan fingerprint density at radius 3 is 2.56 bits per heavy atom. The second-order valence-corrected chi connectivity index (χ2v) is 11.2. The van der Waals surface area contributed by atoms with Crippen molar-refractivity contribution < 1.29 is 41.8 Å². The fraction of sp³-hybridized carbons (Fsp3) is 0.333. The van der Waals surface area contributed by atoms with Crippen molar-refractivity contribution in [2.45, 2.75) is 37.5 Å². The summed E-state index contributed by atoms with van der Waals surface area (Å²) in [4.78, 5) is 41.4. The van der Waals surface area contributed by atoms with Crippen LogP contribution in [0, 0.1) is 17.5 Å². The number of nitrogens with one attached hydrogen (secondary N) is 3. The van der Waals surface area contributed by atoms with Gasteiger partial charge in [0, 0.05) is 12.1 Å². The van der Waals surface area contributed by atoms with Gasteiger partial charge >= 0.3 is 12.2 Å². The van der Waals surface area contributed by atoms with Crippen LogP contribution in [0.15, 0.2) is 67.2 Å². The monoisotopic (exact) mass is 668 g/mol. The van der Waals surface area contributed by atoms with Gasteiger partial charge in [-0.1, -0.05) is 18.2 Å². The molecule has 3 amide bonds. The predicted octanol–water partition coefficient (Wildman–Crippen LogP) is 3.35. The fourth-order valence-electron chi connectivity index (χ4n) is 5.33. The van der Waals surface area contributed by atoms with Crippen LogP contribution in [0.25, 0.3) is 0 Å². The average Bonchev–Trinajstić information content (AvgIpc) is 3.51. The first-order valence-electron chi connectivity index (χ1n) is 15.3. The number of nitrogens with two attached hydrogens (primary N) is 1. The van der Waals surface area contributed by atoms with E-state index in [0.717, 1.165) is 11.8 Å². The first-order chi connectivity index (χ1) is 23.2. The molecule has 1 aromatic heterocycles. The molecule has 2 aliphatic heterocycles. The Kier molecular flexibility index (Phi) is 11.6. The van der Waals surface area contributed by atoms with E-state index in [0.29, 0.717) is 25.1 Å². The number of amides is 3. The molecule has 254 valence electrons. The molecular weight excluding hydrogens is 633 g/mol. The molecule has 48 heavy (non-hydrogen) atoms. The molecule has 15 heteroatoms. The molecule has 2 fully saturated rings. The largest absolute Gasteiger partial charge is 0.442 e. The number of rotatable bonds is 12. The van der Waals surface area contributed by atoms with Crippen LogP contribution in [0.4, 0.5) is 34.1 Å². The standard InChI is InChI=1S/C33H35F3N6O6/c34-22-4-1-20(2-5-22)11-21-3-6-23(35)12-29(21)42(31(43)13-37)30-18-38-17-28(36)27(30)8-7-25-14-39-24(19-47-25)9-10-46-32(44)40-15-26-16-41-33(45)48-26/h1-6,9-10,12,17-18,24-26,39H,7-8,11,13-16,19,37H2,(H,40,44)(H,41,45). The van der Waals surface area contributed by atoms with Gasteiger partial charge in [0.2, 0.25) is 5.91 Å². The summed E-state index contributed by atoms with van der Waals surface area (Å²) in [6.07, 6.45) is 3.97. The third-order valence-electron chi connectivity index (χ3n) is 7.79. The molecule has 12 nitrogen and oxygen atoms in total. The lowest BCUT2D eigenvalue weighted by molar-refractivity contribution is -0.116. The Bertz CT molecular complexity index is 1630. The molecule has 0 saturated carbocycles. The molecular formula is C33H35F3N6O6. The minimum absolute atomic E-state index is 0.106. The van der Waals surface area contributed by atoms with Gasteiger partial charge in [-0.15, -0.1) is 0 Å². The van der Waals surface area contributed by atoms with E-state index in [4.69, 9.17) is 19.9 Å². The number of aromatic nitrogens is 1. The van der Waals surface area contributed by atoms with Crippen molar-refractivity contribution in [3.63, 3.8) is 0 Å². The summed E-state index contributed by atoms with van der Waals surface area (Å²) in [6, 6.07) is 9.49. The van der Waals surface area contributed by atoms with Gasteiger partial charge in [0.05, 0.1) is 68.4 Å². The molecule has 0 spiro atoms. The topological polar surface area (TPSA) is 157 Å². The first-order valence-corrected chi connectivity index (χ1v) is 15.3. The van der Waals surface area contributed by atoms with E-state index in [1.807, 2.05) is 0 Å². The number of cyclic esters (lactones) is 1. The van der Waals surface area contributed by atoms with E-state index in [-0.39, 0.29) is 55.1 Å². The summed E-state index contributed by atoms with van der Waals surface area (Å²) < 4.78 is 59.4. The molecule has 5 rings (SSSR count). The fourth-order valence-corrected chi connectivity index (χ4v) is 5.33. The highest BCUT2D eigenvalue weighted by molar-refractivity contribution is 6.02. The van der Waals surface area contributed by atoms with Crippen molar-refractivity contribution in [2.75, 3.05) is 37.7 Å². The van der Waals surface area contributed by atoms with Crippen LogP contribution in [-0.2, 0) is 31.8 Å². The highest BCUT2D eigenvalue weighted by Gasteiger charge is 2.27.